The topological polar surface area (TPSA) is 0 Å². The van der Waals surface area contributed by atoms with E-state index in [2.05, 4.69) is 87.0 Å². The molecule has 0 spiro atoms. The Morgan fingerprint density at radius 1 is 0.846 bits per heavy atom. The Labute approximate surface area is 119 Å². The van der Waals surface area contributed by atoms with E-state index in [1.165, 1.54) is 21.8 Å². The number of benzene rings is 1. The highest BCUT2D eigenvalue weighted by molar-refractivity contribution is 14.1. The van der Waals surface area contributed by atoms with E-state index in [9.17, 15) is 0 Å². The summed E-state index contributed by atoms with van der Waals surface area (Å²) >= 11 is 7.05. The third-order valence-electron chi connectivity index (χ3n) is 1.64. The number of hydrogen-bond donors (Lipinski definition) is 0. The maximum atomic E-state index is 3.79. The molecule has 0 N–H and O–H groups in total. The molecule has 0 nitrogen and oxygen atoms in total. The van der Waals surface area contributed by atoms with Crippen molar-refractivity contribution < 1.29 is 0 Å². The summed E-state index contributed by atoms with van der Waals surface area (Å²) < 4.78 is 3.82. The van der Waals surface area contributed by atoms with Crippen molar-refractivity contribution in [1.82, 2.24) is 0 Å². The Hall–Kier alpha value is 0.890. The van der Waals surface area contributed by atoms with Crippen molar-refractivity contribution in [3.63, 3.8) is 0 Å². The van der Waals surface area contributed by atoms with Gasteiger partial charge in [-0.3, -0.25) is 0 Å². The lowest BCUT2D eigenvalue weighted by atomic mass is 10.1. The zero-order valence-electron chi connectivity index (χ0n) is 6.78. The second kappa shape index (κ2) is 5.11. The molecule has 0 atom stereocenters. The van der Waals surface area contributed by atoms with Crippen molar-refractivity contribution in [2.75, 3.05) is 0 Å². The van der Waals surface area contributed by atoms with Gasteiger partial charge >= 0.3 is 0 Å². The summed E-state index contributed by atoms with van der Waals surface area (Å²) in [5, 5.41) is 0. The van der Waals surface area contributed by atoms with Crippen LogP contribution in [0, 0.1) is 10.7 Å². The molecule has 3 heteroatoms. The summed E-state index contributed by atoms with van der Waals surface area (Å²) in [6.07, 6.45) is 3.76. The number of halogens is 3. The summed E-state index contributed by atoms with van der Waals surface area (Å²) in [6, 6.07) is 2.12. The minimum Gasteiger partial charge on any atom is -0.0984 e. The molecule has 13 heavy (non-hydrogen) atoms. The summed E-state index contributed by atoms with van der Waals surface area (Å²) in [4.78, 5) is 0. The van der Waals surface area contributed by atoms with Crippen LogP contribution in [0.4, 0.5) is 0 Å². The Morgan fingerprint density at radius 3 is 1.54 bits per heavy atom. The first kappa shape index (κ1) is 12.0. The minimum absolute atomic E-state index is 1.18. The van der Waals surface area contributed by atoms with Gasteiger partial charge in [0.2, 0.25) is 0 Å². The van der Waals surface area contributed by atoms with Crippen LogP contribution in [0.5, 0.6) is 0 Å². The Balaban J connectivity index is 3.53. The molecule has 68 valence electrons. The van der Waals surface area contributed by atoms with Gasteiger partial charge in [0.25, 0.3) is 0 Å². The van der Waals surface area contributed by atoms with Gasteiger partial charge in [0, 0.05) is 10.7 Å². The predicted octanol–water partition coefficient (Wildman–Crippen LogP) is 4.79. The first-order valence-electron chi connectivity index (χ1n) is 3.54. The van der Waals surface area contributed by atoms with Crippen LogP contribution in [-0.4, -0.2) is 0 Å². The molecule has 0 aromatic heterocycles. The monoisotopic (exact) mass is 508 g/mol. The third kappa shape index (κ3) is 2.47. The Bertz CT molecular complexity index is 335. The van der Waals surface area contributed by atoms with Crippen LogP contribution in [-0.2, 0) is 0 Å². The number of hydrogen-bond acceptors (Lipinski definition) is 0. The standard InChI is InChI=1S/C10H7I3/c1-3-6-5-7(4-2)9(12)10(13)8(6)11/h3-5H,1-2H2. The highest BCUT2D eigenvalue weighted by Crippen LogP contribution is 2.28. The molecule has 0 fully saturated rings. The van der Waals surface area contributed by atoms with Crippen molar-refractivity contribution in [3.05, 3.63) is 41.1 Å². The molecule has 0 unspecified atom stereocenters. The molecular weight excluding hydrogens is 501 g/mol. The zero-order valence-corrected chi connectivity index (χ0v) is 13.3. The fourth-order valence-corrected chi connectivity index (χ4v) is 3.37. The van der Waals surface area contributed by atoms with E-state index >= 15 is 0 Å². The maximum absolute atomic E-state index is 3.79. The van der Waals surface area contributed by atoms with Crippen molar-refractivity contribution >= 4 is 79.9 Å². The number of rotatable bonds is 2. The summed E-state index contributed by atoms with van der Waals surface area (Å²) in [7, 11) is 0. The van der Waals surface area contributed by atoms with E-state index in [0.717, 1.165) is 0 Å². The van der Waals surface area contributed by atoms with Crippen molar-refractivity contribution in [3.8, 4) is 0 Å². The van der Waals surface area contributed by atoms with Crippen LogP contribution in [0.1, 0.15) is 11.1 Å². The third-order valence-corrected chi connectivity index (χ3v) is 7.11. The molecule has 0 saturated heterocycles. The highest BCUT2D eigenvalue weighted by Gasteiger charge is 2.08. The maximum Gasteiger partial charge on any atom is 0.0409 e. The second-order valence-corrected chi connectivity index (χ2v) is 5.64. The van der Waals surface area contributed by atoms with Crippen molar-refractivity contribution in [2.45, 2.75) is 0 Å². The van der Waals surface area contributed by atoms with E-state index < -0.39 is 0 Å². The van der Waals surface area contributed by atoms with E-state index in [0.29, 0.717) is 0 Å². The van der Waals surface area contributed by atoms with Crippen LogP contribution < -0.4 is 0 Å². The van der Waals surface area contributed by atoms with E-state index in [1.54, 1.807) is 0 Å². The lowest BCUT2D eigenvalue weighted by Gasteiger charge is -2.07. The molecule has 1 rings (SSSR count). The first-order valence-corrected chi connectivity index (χ1v) is 6.77. The normalized spacial score (nSPS) is 9.77. The lowest BCUT2D eigenvalue weighted by molar-refractivity contribution is 1.47. The van der Waals surface area contributed by atoms with Gasteiger partial charge in [-0.2, -0.15) is 0 Å². The zero-order chi connectivity index (χ0) is 10.0. The second-order valence-electron chi connectivity index (χ2n) is 2.41. The first-order chi connectivity index (χ1) is 6.11. The van der Waals surface area contributed by atoms with Gasteiger partial charge in [0.1, 0.15) is 0 Å². The van der Waals surface area contributed by atoms with E-state index in [4.69, 9.17) is 0 Å². The van der Waals surface area contributed by atoms with Crippen molar-refractivity contribution in [2.24, 2.45) is 0 Å². The van der Waals surface area contributed by atoms with Crippen LogP contribution in [0.15, 0.2) is 19.2 Å². The molecule has 0 bridgehead atoms. The summed E-state index contributed by atoms with van der Waals surface area (Å²) in [5.74, 6) is 0. The molecular formula is C10H7I3. The fraction of sp³-hybridized carbons (Fsp3) is 0. The fourth-order valence-electron chi connectivity index (χ4n) is 0.941. The van der Waals surface area contributed by atoms with Gasteiger partial charge in [0.15, 0.2) is 0 Å². The molecule has 0 aliphatic carbocycles. The molecule has 0 radical (unpaired) electrons. The van der Waals surface area contributed by atoms with Crippen LogP contribution in [0.2, 0.25) is 0 Å². The minimum atomic E-state index is 1.18. The van der Waals surface area contributed by atoms with Gasteiger partial charge in [-0.05, 0) is 85.0 Å². The smallest absolute Gasteiger partial charge is 0.0409 e. The molecule has 1 aromatic rings. The molecule has 0 aliphatic heterocycles. The molecule has 0 aliphatic rings. The van der Waals surface area contributed by atoms with E-state index in [1.807, 2.05) is 12.2 Å². The van der Waals surface area contributed by atoms with Crippen LogP contribution in [0.25, 0.3) is 12.2 Å². The van der Waals surface area contributed by atoms with Gasteiger partial charge in [-0.15, -0.1) is 0 Å². The van der Waals surface area contributed by atoms with Gasteiger partial charge < -0.3 is 0 Å². The van der Waals surface area contributed by atoms with Gasteiger partial charge in [0.05, 0.1) is 0 Å². The van der Waals surface area contributed by atoms with Gasteiger partial charge in [-0.1, -0.05) is 25.3 Å². The quantitative estimate of drug-likeness (QED) is 0.399. The molecule has 0 heterocycles. The molecule has 0 saturated carbocycles. The SMILES string of the molecule is C=Cc1cc(C=C)c(I)c(I)c1I. The molecule has 0 amide bonds. The molecule has 1 aromatic carbocycles. The largest absolute Gasteiger partial charge is 0.0984 e. The van der Waals surface area contributed by atoms with Crippen LogP contribution in [0.3, 0.4) is 0 Å². The van der Waals surface area contributed by atoms with Gasteiger partial charge in [-0.25, -0.2) is 0 Å². The average molecular weight is 508 g/mol. The Morgan fingerprint density at radius 2 is 1.23 bits per heavy atom. The van der Waals surface area contributed by atoms with E-state index in [-0.39, 0.29) is 0 Å². The lowest BCUT2D eigenvalue weighted by Crippen LogP contribution is -1.93. The van der Waals surface area contributed by atoms with Crippen molar-refractivity contribution in [1.29, 1.82) is 0 Å². The summed E-state index contributed by atoms with van der Waals surface area (Å²) in [6.45, 7) is 7.59. The predicted molar refractivity (Wildman–Crippen MR) is 84.8 cm³/mol. The average Bonchev–Trinajstić information content (AvgIpc) is 2.15. The van der Waals surface area contributed by atoms with Crippen LogP contribution >= 0.6 is 67.8 Å². The Kier molecular flexibility index (Phi) is 4.70. The highest BCUT2D eigenvalue weighted by atomic mass is 127. The summed E-state index contributed by atoms with van der Waals surface area (Å²) in [5.41, 5.74) is 2.36.